The highest BCUT2D eigenvalue weighted by molar-refractivity contribution is 6.07. The Bertz CT molecular complexity index is 1580. The summed E-state index contributed by atoms with van der Waals surface area (Å²) >= 11 is 0. The molecule has 4 amide bonds. The molecule has 0 saturated carbocycles. The zero-order chi connectivity index (χ0) is 31.9. The first kappa shape index (κ1) is 31.8. The zero-order valence-corrected chi connectivity index (χ0v) is 25.9. The first-order valence-electron chi connectivity index (χ1n) is 15.7. The van der Waals surface area contributed by atoms with Crippen LogP contribution in [0.15, 0.2) is 36.5 Å². The molecule has 2 unspecified atom stereocenters. The number of nitrogens with zero attached hydrogens (tertiary/aromatic N) is 3. The Morgan fingerprint density at radius 1 is 1.13 bits per heavy atom. The molecular formula is C33H41N7O5. The third-order valence-corrected chi connectivity index (χ3v) is 8.77. The lowest BCUT2D eigenvalue weighted by molar-refractivity contribution is -0.136. The van der Waals surface area contributed by atoms with Gasteiger partial charge in [0, 0.05) is 61.5 Å². The lowest BCUT2D eigenvalue weighted by Crippen LogP contribution is -2.53. The predicted molar refractivity (Wildman–Crippen MR) is 171 cm³/mol. The molecule has 2 aliphatic rings. The van der Waals surface area contributed by atoms with Crippen molar-refractivity contribution in [2.24, 2.45) is 0 Å². The summed E-state index contributed by atoms with van der Waals surface area (Å²) in [5.74, 6) is -0.860. The molecular weight excluding hydrogens is 574 g/mol. The molecule has 2 aliphatic heterocycles. The van der Waals surface area contributed by atoms with Gasteiger partial charge in [-0.1, -0.05) is 18.9 Å². The molecule has 12 nitrogen and oxygen atoms in total. The number of likely N-dealkylation sites (N-methyl/N-ethyl adjacent to an activating group) is 1. The van der Waals surface area contributed by atoms with E-state index in [0.717, 1.165) is 49.6 Å². The molecule has 3 aromatic rings. The number of likely N-dealkylation sites (tertiary alicyclic amines) is 1. The Balaban J connectivity index is 1.04. The van der Waals surface area contributed by atoms with Crippen molar-refractivity contribution in [3.8, 4) is 0 Å². The van der Waals surface area contributed by atoms with Gasteiger partial charge in [0.25, 0.3) is 5.91 Å². The molecule has 45 heavy (non-hydrogen) atoms. The summed E-state index contributed by atoms with van der Waals surface area (Å²) in [6.45, 7) is 1.69. The predicted octanol–water partition coefficient (Wildman–Crippen LogP) is 4.02. The molecule has 4 N–H and O–H groups in total. The molecule has 0 radical (unpaired) electrons. The topological polar surface area (TPSA) is 157 Å². The van der Waals surface area contributed by atoms with E-state index in [4.69, 9.17) is 0 Å². The number of imide groups is 1. The highest BCUT2D eigenvalue weighted by Crippen LogP contribution is 2.32. The fraction of sp³-hybridized carbons (Fsp3) is 0.455. The molecule has 0 spiro atoms. The van der Waals surface area contributed by atoms with Crippen molar-refractivity contribution >= 4 is 52.3 Å². The molecule has 2 atom stereocenters. The van der Waals surface area contributed by atoms with E-state index >= 15 is 0 Å². The Kier molecular flexibility index (Phi) is 10.2. The Labute approximate surface area is 262 Å². The average molecular weight is 616 g/mol. The molecule has 2 saturated heterocycles. The normalized spacial score (nSPS) is 18.5. The molecule has 2 fully saturated rings. The highest BCUT2D eigenvalue weighted by atomic mass is 16.2. The second-order valence-corrected chi connectivity index (χ2v) is 11.9. The van der Waals surface area contributed by atoms with Crippen molar-refractivity contribution < 1.29 is 24.0 Å². The van der Waals surface area contributed by atoms with E-state index in [9.17, 15) is 24.0 Å². The van der Waals surface area contributed by atoms with Gasteiger partial charge in [-0.15, -0.1) is 0 Å². The molecule has 2 aromatic heterocycles. The third kappa shape index (κ3) is 7.56. The van der Waals surface area contributed by atoms with Gasteiger partial charge in [0.2, 0.25) is 17.7 Å². The van der Waals surface area contributed by atoms with E-state index in [1.165, 1.54) is 24.1 Å². The summed E-state index contributed by atoms with van der Waals surface area (Å²) in [4.78, 5) is 72.9. The average Bonchev–Trinajstić information content (AvgIpc) is 3.65. The number of rotatable bonds is 13. The van der Waals surface area contributed by atoms with Crippen molar-refractivity contribution in [1.29, 1.82) is 0 Å². The maximum absolute atomic E-state index is 13.2. The summed E-state index contributed by atoms with van der Waals surface area (Å²) in [7, 11) is 3.64. The van der Waals surface area contributed by atoms with Crippen LogP contribution in [0.3, 0.4) is 0 Å². The number of carbonyl (C=O) groups is 5. The number of pyridine rings is 1. The summed E-state index contributed by atoms with van der Waals surface area (Å²) in [5.41, 5.74) is 3.12. The first-order chi connectivity index (χ1) is 21.7. The van der Waals surface area contributed by atoms with Gasteiger partial charge in [-0.3, -0.25) is 34.2 Å². The van der Waals surface area contributed by atoms with Gasteiger partial charge < -0.3 is 20.5 Å². The number of aldehydes is 1. The molecule has 12 heteroatoms. The number of aromatic nitrogens is 2. The fourth-order valence-electron chi connectivity index (χ4n) is 6.21. The van der Waals surface area contributed by atoms with E-state index < -0.39 is 17.9 Å². The Morgan fingerprint density at radius 2 is 1.96 bits per heavy atom. The van der Waals surface area contributed by atoms with Crippen LogP contribution in [0.1, 0.15) is 90.2 Å². The lowest BCUT2D eigenvalue weighted by atomic mass is 10.0. The number of anilines is 2. The molecule has 0 aliphatic carbocycles. The van der Waals surface area contributed by atoms with Crippen LogP contribution < -0.4 is 16.0 Å². The van der Waals surface area contributed by atoms with Gasteiger partial charge in [-0.05, 0) is 63.9 Å². The highest BCUT2D eigenvalue weighted by Gasteiger charge is 2.33. The lowest BCUT2D eigenvalue weighted by Gasteiger charge is -2.30. The van der Waals surface area contributed by atoms with E-state index in [0.29, 0.717) is 36.8 Å². The van der Waals surface area contributed by atoms with Crippen LogP contribution in [-0.4, -0.2) is 82.9 Å². The van der Waals surface area contributed by atoms with Crippen LogP contribution in [-0.2, 0) is 14.4 Å². The standard InChI is InChI=1S/C33H41N7O5/c1-39-16-8-11-27(39)26-17-21-19-35-29(18-25(21)36-26)37-30(42)12-5-3-4-6-15-34-24-10-7-9-22(23(24)20-41)33(45)40(2)28-13-14-31(43)38-32(28)44/h7,9-10,17-20,27-28,34,36H,3-6,8,11-16H2,1-2H3,(H,35,37,42)(H,38,43,44). The van der Waals surface area contributed by atoms with E-state index in [1.807, 2.05) is 6.07 Å². The Hall–Kier alpha value is -4.58. The minimum atomic E-state index is -0.774. The summed E-state index contributed by atoms with van der Waals surface area (Å²) in [5, 5.41) is 9.45. The smallest absolute Gasteiger partial charge is 0.255 e. The number of hydrogen-bond donors (Lipinski definition) is 4. The fourth-order valence-corrected chi connectivity index (χ4v) is 6.21. The van der Waals surface area contributed by atoms with Gasteiger partial charge in [0.05, 0.1) is 16.6 Å². The number of aromatic amines is 1. The van der Waals surface area contributed by atoms with Gasteiger partial charge in [0.15, 0.2) is 6.29 Å². The van der Waals surface area contributed by atoms with E-state index in [2.05, 4.69) is 43.9 Å². The van der Waals surface area contributed by atoms with Crippen molar-refractivity contribution in [3.63, 3.8) is 0 Å². The largest absolute Gasteiger partial charge is 0.384 e. The van der Waals surface area contributed by atoms with Crippen molar-refractivity contribution in [1.82, 2.24) is 25.1 Å². The number of amides is 4. The number of benzene rings is 1. The zero-order valence-electron chi connectivity index (χ0n) is 25.9. The minimum Gasteiger partial charge on any atom is -0.384 e. The van der Waals surface area contributed by atoms with Crippen LogP contribution in [0.25, 0.3) is 10.9 Å². The molecule has 5 rings (SSSR count). The number of fused-ring (bicyclic) bond motifs is 1. The number of nitrogens with one attached hydrogen (secondary N) is 4. The Morgan fingerprint density at radius 3 is 2.71 bits per heavy atom. The summed E-state index contributed by atoms with van der Waals surface area (Å²) < 4.78 is 0. The van der Waals surface area contributed by atoms with Crippen molar-refractivity contribution in [3.05, 3.63) is 53.3 Å². The molecule has 4 heterocycles. The van der Waals surface area contributed by atoms with Gasteiger partial charge >= 0.3 is 0 Å². The molecule has 0 bridgehead atoms. The van der Waals surface area contributed by atoms with E-state index in [1.54, 1.807) is 24.4 Å². The van der Waals surface area contributed by atoms with Gasteiger partial charge in [0.1, 0.15) is 11.9 Å². The number of unbranched alkanes of at least 4 members (excludes halogenated alkanes) is 3. The second kappa shape index (κ2) is 14.5. The summed E-state index contributed by atoms with van der Waals surface area (Å²) in [6.07, 6.45) is 8.87. The monoisotopic (exact) mass is 615 g/mol. The second-order valence-electron chi connectivity index (χ2n) is 11.9. The van der Waals surface area contributed by atoms with Crippen LogP contribution in [0, 0.1) is 0 Å². The third-order valence-electron chi connectivity index (χ3n) is 8.77. The van der Waals surface area contributed by atoms with Gasteiger partial charge in [-0.25, -0.2) is 4.98 Å². The quantitative estimate of drug-likeness (QED) is 0.128. The minimum absolute atomic E-state index is 0.0679. The maximum Gasteiger partial charge on any atom is 0.255 e. The van der Waals surface area contributed by atoms with Crippen LogP contribution in [0.2, 0.25) is 0 Å². The first-order valence-corrected chi connectivity index (χ1v) is 15.7. The number of carbonyl (C=O) groups excluding carboxylic acids is 5. The van der Waals surface area contributed by atoms with Crippen LogP contribution in [0.5, 0.6) is 0 Å². The number of hydrogen-bond acceptors (Lipinski definition) is 8. The summed E-state index contributed by atoms with van der Waals surface area (Å²) in [6, 6.07) is 8.64. The molecule has 238 valence electrons. The van der Waals surface area contributed by atoms with E-state index in [-0.39, 0.29) is 35.8 Å². The number of H-pyrrole nitrogens is 1. The molecule has 1 aromatic carbocycles. The number of piperidine rings is 1. The van der Waals surface area contributed by atoms with Crippen LogP contribution >= 0.6 is 0 Å². The maximum atomic E-state index is 13.2. The van der Waals surface area contributed by atoms with Gasteiger partial charge in [-0.2, -0.15) is 0 Å². The SMILES string of the molecule is CN1CCCC1c1cc2cnc(NC(=O)CCCCCCNc3cccc(C(=O)N(C)C4CCC(=O)NC4=O)c3C=O)cc2[nH]1. The van der Waals surface area contributed by atoms with Crippen molar-refractivity contribution in [2.75, 3.05) is 37.8 Å². The van der Waals surface area contributed by atoms with Crippen LogP contribution in [0.4, 0.5) is 11.5 Å². The van der Waals surface area contributed by atoms with Crippen molar-refractivity contribution in [2.45, 2.75) is 69.9 Å².